The summed E-state index contributed by atoms with van der Waals surface area (Å²) in [6.45, 7) is 0.263. The number of rotatable bonds is 4. The van der Waals surface area contributed by atoms with Crippen molar-refractivity contribution in [3.8, 4) is 0 Å². The molecule has 0 spiro atoms. The van der Waals surface area contributed by atoms with Crippen molar-refractivity contribution in [1.82, 2.24) is 4.98 Å². The van der Waals surface area contributed by atoms with Crippen molar-refractivity contribution in [3.05, 3.63) is 9.98 Å². The molecule has 0 unspecified atom stereocenters. The van der Waals surface area contributed by atoms with E-state index in [0.717, 1.165) is 21.1 Å². The molecule has 0 saturated heterocycles. The molecule has 1 aromatic rings. The van der Waals surface area contributed by atoms with Crippen molar-refractivity contribution in [3.63, 3.8) is 0 Å². The highest BCUT2D eigenvalue weighted by atomic mass is 79.9. The molecule has 2 nitrogen and oxygen atoms in total. The molecule has 0 saturated carbocycles. The topological polar surface area (TPSA) is 33.1 Å². The van der Waals surface area contributed by atoms with Gasteiger partial charge in [-0.15, -0.1) is 11.3 Å². The van der Waals surface area contributed by atoms with Gasteiger partial charge in [0, 0.05) is 17.7 Å². The molecule has 0 bridgehead atoms. The van der Waals surface area contributed by atoms with E-state index >= 15 is 0 Å². The Morgan fingerprint density at radius 1 is 1.73 bits per heavy atom. The minimum atomic E-state index is 0.263. The zero-order chi connectivity index (χ0) is 8.10. The van der Waals surface area contributed by atoms with Crippen molar-refractivity contribution >= 4 is 39.0 Å². The summed E-state index contributed by atoms with van der Waals surface area (Å²) in [6.07, 6.45) is 0.835. The molecule has 62 valence electrons. The lowest BCUT2D eigenvalue weighted by molar-refractivity contribution is 0.296. The fourth-order valence-electron chi connectivity index (χ4n) is 0.529. The number of aromatic nitrogens is 1. The first-order valence-electron chi connectivity index (χ1n) is 3.17. The fourth-order valence-corrected chi connectivity index (χ4v) is 2.90. The average Bonchev–Trinajstić information content (AvgIpc) is 2.37. The first kappa shape index (κ1) is 9.51. The van der Waals surface area contributed by atoms with E-state index in [2.05, 4.69) is 20.9 Å². The van der Waals surface area contributed by atoms with Gasteiger partial charge in [-0.2, -0.15) is 0 Å². The van der Waals surface area contributed by atoms with Crippen LogP contribution in [0.25, 0.3) is 0 Å². The van der Waals surface area contributed by atoms with Crippen LogP contribution in [0.2, 0.25) is 0 Å². The van der Waals surface area contributed by atoms with E-state index in [-0.39, 0.29) is 6.61 Å². The summed E-state index contributed by atoms with van der Waals surface area (Å²) in [5.41, 5.74) is 0. The van der Waals surface area contributed by atoms with Crippen molar-refractivity contribution in [2.45, 2.75) is 10.8 Å². The van der Waals surface area contributed by atoms with Crippen molar-refractivity contribution in [2.75, 3.05) is 12.4 Å². The van der Waals surface area contributed by atoms with Crippen LogP contribution in [-0.4, -0.2) is 22.5 Å². The van der Waals surface area contributed by atoms with Gasteiger partial charge in [0.25, 0.3) is 0 Å². The van der Waals surface area contributed by atoms with Gasteiger partial charge in [-0.25, -0.2) is 4.98 Å². The van der Waals surface area contributed by atoms with Gasteiger partial charge in [-0.1, -0.05) is 11.8 Å². The summed E-state index contributed by atoms with van der Waals surface area (Å²) in [5.74, 6) is 0.941. The Bertz CT molecular complexity index is 216. The van der Waals surface area contributed by atoms with Crippen molar-refractivity contribution in [2.24, 2.45) is 0 Å². The number of thiazole rings is 1. The highest BCUT2D eigenvalue weighted by molar-refractivity contribution is 9.10. The Kier molecular flexibility index (Phi) is 4.44. The molecule has 0 amide bonds. The molecule has 11 heavy (non-hydrogen) atoms. The lowest BCUT2D eigenvalue weighted by Gasteiger charge is -1.92. The van der Waals surface area contributed by atoms with Gasteiger partial charge >= 0.3 is 0 Å². The third-order valence-corrected chi connectivity index (χ3v) is 3.80. The van der Waals surface area contributed by atoms with Crippen molar-refractivity contribution in [1.29, 1.82) is 0 Å². The van der Waals surface area contributed by atoms with Crippen LogP contribution in [0, 0.1) is 0 Å². The van der Waals surface area contributed by atoms with E-state index in [1.54, 1.807) is 23.1 Å². The van der Waals surface area contributed by atoms with E-state index in [0.29, 0.717) is 0 Å². The van der Waals surface area contributed by atoms with E-state index in [4.69, 9.17) is 5.11 Å². The van der Waals surface area contributed by atoms with E-state index < -0.39 is 0 Å². The SMILES string of the molecule is OCCCSc1nc(Br)cs1. The fraction of sp³-hybridized carbons (Fsp3) is 0.500. The van der Waals surface area contributed by atoms with Crippen LogP contribution in [0.1, 0.15) is 6.42 Å². The van der Waals surface area contributed by atoms with Gasteiger partial charge in [0.2, 0.25) is 0 Å². The maximum Gasteiger partial charge on any atom is 0.151 e. The highest BCUT2D eigenvalue weighted by Crippen LogP contribution is 2.25. The molecule has 1 N–H and O–H groups in total. The minimum absolute atomic E-state index is 0.263. The third kappa shape index (κ3) is 3.55. The number of aliphatic hydroxyl groups excluding tert-OH is 1. The predicted molar refractivity (Wildman–Crippen MR) is 52.2 cm³/mol. The monoisotopic (exact) mass is 253 g/mol. The first-order valence-corrected chi connectivity index (χ1v) is 5.83. The minimum Gasteiger partial charge on any atom is -0.396 e. The summed E-state index contributed by atoms with van der Waals surface area (Å²) >= 11 is 6.58. The second kappa shape index (κ2) is 5.13. The highest BCUT2D eigenvalue weighted by Gasteiger charge is 1.98. The summed E-state index contributed by atoms with van der Waals surface area (Å²) in [6, 6.07) is 0. The molecule has 0 aromatic carbocycles. The summed E-state index contributed by atoms with van der Waals surface area (Å²) in [7, 11) is 0. The van der Waals surface area contributed by atoms with E-state index in [9.17, 15) is 0 Å². The van der Waals surface area contributed by atoms with E-state index in [1.165, 1.54) is 0 Å². The molecule has 0 fully saturated rings. The smallest absolute Gasteiger partial charge is 0.151 e. The lowest BCUT2D eigenvalue weighted by Crippen LogP contribution is -1.84. The zero-order valence-corrected chi connectivity index (χ0v) is 9.01. The number of thioether (sulfide) groups is 1. The number of hydrogen-bond donors (Lipinski definition) is 1. The maximum atomic E-state index is 8.51. The largest absolute Gasteiger partial charge is 0.396 e. The molecule has 1 aromatic heterocycles. The lowest BCUT2D eigenvalue weighted by atomic mass is 10.5. The predicted octanol–water partition coefficient (Wildman–Crippen LogP) is 2.38. The molecule has 0 aliphatic heterocycles. The number of aliphatic hydroxyl groups is 1. The Morgan fingerprint density at radius 2 is 2.55 bits per heavy atom. The van der Waals surface area contributed by atoms with Gasteiger partial charge < -0.3 is 5.11 Å². The van der Waals surface area contributed by atoms with Crippen LogP contribution >= 0.6 is 39.0 Å². The molecule has 0 aliphatic rings. The number of nitrogens with zero attached hydrogens (tertiary/aromatic N) is 1. The van der Waals surface area contributed by atoms with Gasteiger partial charge in [0.1, 0.15) is 4.60 Å². The maximum absolute atomic E-state index is 8.51. The van der Waals surface area contributed by atoms with Crippen molar-refractivity contribution < 1.29 is 5.11 Å². The molecule has 5 heteroatoms. The average molecular weight is 254 g/mol. The second-order valence-corrected chi connectivity index (χ2v) is 4.87. The Balaban J connectivity index is 2.27. The molecule has 0 radical (unpaired) electrons. The number of hydrogen-bond acceptors (Lipinski definition) is 4. The number of halogens is 1. The second-order valence-electron chi connectivity index (χ2n) is 1.86. The van der Waals surface area contributed by atoms with Crippen LogP contribution in [-0.2, 0) is 0 Å². The summed E-state index contributed by atoms with van der Waals surface area (Å²) < 4.78 is 1.96. The molecular formula is C6H8BrNOS2. The van der Waals surface area contributed by atoms with Gasteiger partial charge in [-0.3, -0.25) is 0 Å². The van der Waals surface area contributed by atoms with Gasteiger partial charge in [-0.05, 0) is 22.4 Å². The first-order chi connectivity index (χ1) is 5.33. The molecule has 1 heterocycles. The van der Waals surface area contributed by atoms with Gasteiger partial charge in [0.15, 0.2) is 4.34 Å². The van der Waals surface area contributed by atoms with Crippen LogP contribution < -0.4 is 0 Å². The third-order valence-electron chi connectivity index (χ3n) is 0.983. The van der Waals surface area contributed by atoms with Gasteiger partial charge in [0.05, 0.1) is 0 Å². The molecular weight excluding hydrogens is 246 g/mol. The van der Waals surface area contributed by atoms with Crippen LogP contribution in [0.5, 0.6) is 0 Å². The van der Waals surface area contributed by atoms with Crippen LogP contribution in [0.4, 0.5) is 0 Å². The Hall–Kier alpha value is 0.420. The normalized spacial score (nSPS) is 10.4. The summed E-state index contributed by atoms with van der Waals surface area (Å²) in [4.78, 5) is 4.20. The van der Waals surface area contributed by atoms with Crippen LogP contribution in [0.3, 0.4) is 0 Å². The standard InChI is InChI=1S/C6H8BrNOS2/c7-5-4-11-6(8-5)10-3-1-2-9/h4,9H,1-3H2. The summed E-state index contributed by atoms with van der Waals surface area (Å²) in [5, 5.41) is 10.5. The molecule has 0 aliphatic carbocycles. The molecule has 0 atom stereocenters. The Morgan fingerprint density at radius 3 is 3.09 bits per heavy atom. The zero-order valence-electron chi connectivity index (χ0n) is 5.79. The molecule has 1 rings (SSSR count). The van der Waals surface area contributed by atoms with E-state index in [1.807, 2.05) is 5.38 Å². The Labute approximate surface area is 82.2 Å². The quantitative estimate of drug-likeness (QED) is 0.661. The van der Waals surface area contributed by atoms with Crippen LogP contribution in [0.15, 0.2) is 14.3 Å².